The van der Waals surface area contributed by atoms with Crippen molar-refractivity contribution in [2.75, 3.05) is 0 Å². The SMILES string of the molecule is Cc1ccc(-c2ccc(C=NN)cc2)cc1F. The zero-order valence-corrected chi connectivity index (χ0v) is 9.52. The molecule has 0 saturated heterocycles. The molecule has 0 spiro atoms. The predicted molar refractivity (Wildman–Crippen MR) is 68.4 cm³/mol. The zero-order chi connectivity index (χ0) is 12.3. The molecule has 2 aromatic carbocycles. The predicted octanol–water partition coefficient (Wildman–Crippen LogP) is 3.09. The smallest absolute Gasteiger partial charge is 0.126 e. The average Bonchev–Trinajstić information content (AvgIpc) is 2.34. The van der Waals surface area contributed by atoms with Gasteiger partial charge in [0.15, 0.2) is 0 Å². The van der Waals surface area contributed by atoms with Gasteiger partial charge in [-0.3, -0.25) is 0 Å². The fourth-order valence-electron chi connectivity index (χ4n) is 1.62. The molecule has 17 heavy (non-hydrogen) atoms. The number of benzene rings is 2. The molecule has 3 heteroatoms. The maximum absolute atomic E-state index is 13.4. The molecule has 0 amide bonds. The van der Waals surface area contributed by atoms with Gasteiger partial charge in [-0.2, -0.15) is 5.10 Å². The molecule has 0 aliphatic heterocycles. The van der Waals surface area contributed by atoms with E-state index in [1.807, 2.05) is 30.3 Å². The van der Waals surface area contributed by atoms with E-state index in [9.17, 15) is 4.39 Å². The number of hydrogen-bond acceptors (Lipinski definition) is 2. The Balaban J connectivity index is 2.36. The molecule has 0 heterocycles. The van der Waals surface area contributed by atoms with Gasteiger partial charge in [-0.15, -0.1) is 0 Å². The highest BCUT2D eigenvalue weighted by Crippen LogP contribution is 2.21. The monoisotopic (exact) mass is 228 g/mol. The Bertz CT molecular complexity index is 545. The Hall–Kier alpha value is -2.16. The molecule has 0 fully saturated rings. The van der Waals surface area contributed by atoms with E-state index in [0.717, 1.165) is 16.7 Å². The van der Waals surface area contributed by atoms with Crippen LogP contribution in [0.2, 0.25) is 0 Å². The van der Waals surface area contributed by atoms with E-state index >= 15 is 0 Å². The van der Waals surface area contributed by atoms with Crippen LogP contribution < -0.4 is 5.84 Å². The number of hydrazone groups is 1. The van der Waals surface area contributed by atoms with Crippen LogP contribution in [0.3, 0.4) is 0 Å². The Morgan fingerprint density at radius 3 is 2.29 bits per heavy atom. The molecule has 0 unspecified atom stereocenters. The lowest BCUT2D eigenvalue weighted by molar-refractivity contribution is 0.619. The van der Waals surface area contributed by atoms with E-state index < -0.39 is 0 Å². The van der Waals surface area contributed by atoms with Gasteiger partial charge in [0.05, 0.1) is 6.21 Å². The van der Waals surface area contributed by atoms with Crippen molar-refractivity contribution in [1.82, 2.24) is 0 Å². The molecule has 0 bridgehead atoms. The minimum absolute atomic E-state index is 0.185. The second-order valence-corrected chi connectivity index (χ2v) is 3.86. The first-order valence-electron chi connectivity index (χ1n) is 5.30. The van der Waals surface area contributed by atoms with E-state index in [-0.39, 0.29) is 5.82 Å². The summed E-state index contributed by atoms with van der Waals surface area (Å²) in [7, 11) is 0. The molecular formula is C14H13FN2. The Kier molecular flexibility index (Phi) is 3.19. The van der Waals surface area contributed by atoms with Gasteiger partial charge in [0.1, 0.15) is 5.82 Å². The number of nitrogens with two attached hydrogens (primary N) is 1. The summed E-state index contributed by atoms with van der Waals surface area (Å²) in [6.45, 7) is 1.75. The third-order valence-corrected chi connectivity index (χ3v) is 2.64. The van der Waals surface area contributed by atoms with Crippen LogP contribution in [0.25, 0.3) is 11.1 Å². The highest BCUT2D eigenvalue weighted by Gasteiger charge is 2.01. The lowest BCUT2D eigenvalue weighted by Gasteiger charge is -2.04. The molecule has 0 aromatic heterocycles. The van der Waals surface area contributed by atoms with E-state index in [0.29, 0.717) is 5.56 Å². The van der Waals surface area contributed by atoms with Crippen LogP contribution in [0.5, 0.6) is 0 Å². The summed E-state index contributed by atoms with van der Waals surface area (Å²) in [6.07, 6.45) is 1.57. The van der Waals surface area contributed by atoms with Gasteiger partial charge in [0.2, 0.25) is 0 Å². The minimum atomic E-state index is -0.185. The second kappa shape index (κ2) is 4.78. The van der Waals surface area contributed by atoms with Crippen molar-refractivity contribution >= 4 is 6.21 Å². The van der Waals surface area contributed by atoms with Crippen LogP contribution in [0, 0.1) is 12.7 Å². The Morgan fingerprint density at radius 2 is 1.71 bits per heavy atom. The quantitative estimate of drug-likeness (QED) is 0.479. The summed E-state index contributed by atoms with van der Waals surface area (Å²) < 4.78 is 13.4. The van der Waals surface area contributed by atoms with E-state index in [2.05, 4.69) is 5.10 Å². The molecule has 2 rings (SSSR count). The lowest BCUT2D eigenvalue weighted by Crippen LogP contribution is -1.87. The molecule has 86 valence electrons. The molecule has 0 radical (unpaired) electrons. The summed E-state index contributed by atoms with van der Waals surface area (Å²) in [5, 5.41) is 3.45. The van der Waals surface area contributed by atoms with Gasteiger partial charge in [-0.05, 0) is 35.2 Å². The van der Waals surface area contributed by atoms with Crippen molar-refractivity contribution in [1.29, 1.82) is 0 Å². The van der Waals surface area contributed by atoms with Crippen molar-refractivity contribution in [3.63, 3.8) is 0 Å². The van der Waals surface area contributed by atoms with Crippen LogP contribution in [-0.4, -0.2) is 6.21 Å². The third kappa shape index (κ3) is 2.50. The second-order valence-electron chi connectivity index (χ2n) is 3.86. The number of aryl methyl sites for hydroxylation is 1. The van der Waals surface area contributed by atoms with Gasteiger partial charge in [0.25, 0.3) is 0 Å². The standard InChI is InChI=1S/C14H13FN2/c1-10-2-5-13(8-14(10)15)12-6-3-11(4-7-12)9-17-16/h2-9H,16H2,1H3. The maximum Gasteiger partial charge on any atom is 0.126 e. The summed E-state index contributed by atoms with van der Waals surface area (Å²) in [4.78, 5) is 0. The van der Waals surface area contributed by atoms with Crippen molar-refractivity contribution < 1.29 is 4.39 Å². The molecule has 2 nitrogen and oxygen atoms in total. The number of hydrogen-bond donors (Lipinski definition) is 1. The third-order valence-electron chi connectivity index (χ3n) is 2.64. The number of rotatable bonds is 2. The molecule has 2 N–H and O–H groups in total. The maximum atomic E-state index is 13.4. The topological polar surface area (TPSA) is 38.4 Å². The van der Waals surface area contributed by atoms with Crippen LogP contribution in [-0.2, 0) is 0 Å². The van der Waals surface area contributed by atoms with Crippen molar-refractivity contribution in [2.45, 2.75) is 6.92 Å². The van der Waals surface area contributed by atoms with Crippen LogP contribution in [0.4, 0.5) is 4.39 Å². The fourth-order valence-corrected chi connectivity index (χ4v) is 1.62. The molecule has 0 atom stereocenters. The first-order valence-corrected chi connectivity index (χ1v) is 5.30. The summed E-state index contributed by atoms with van der Waals surface area (Å²) in [5.41, 5.74) is 3.41. The fraction of sp³-hybridized carbons (Fsp3) is 0.0714. The first kappa shape index (κ1) is 11.3. The first-order chi connectivity index (χ1) is 8.20. The van der Waals surface area contributed by atoms with Gasteiger partial charge in [0, 0.05) is 0 Å². The lowest BCUT2D eigenvalue weighted by atomic mass is 10.0. The van der Waals surface area contributed by atoms with E-state index in [1.54, 1.807) is 25.3 Å². The van der Waals surface area contributed by atoms with Crippen molar-refractivity contribution in [2.24, 2.45) is 10.9 Å². The number of halogens is 1. The normalized spacial score (nSPS) is 10.9. The van der Waals surface area contributed by atoms with Crippen LogP contribution >= 0.6 is 0 Å². The van der Waals surface area contributed by atoms with Gasteiger partial charge < -0.3 is 5.84 Å². The van der Waals surface area contributed by atoms with Crippen molar-refractivity contribution in [3.05, 3.63) is 59.4 Å². The molecular weight excluding hydrogens is 215 g/mol. The summed E-state index contributed by atoms with van der Waals surface area (Å²) in [6, 6.07) is 12.8. The van der Waals surface area contributed by atoms with E-state index in [1.165, 1.54) is 0 Å². The van der Waals surface area contributed by atoms with E-state index in [4.69, 9.17) is 5.84 Å². The average molecular weight is 228 g/mol. The zero-order valence-electron chi connectivity index (χ0n) is 9.52. The largest absolute Gasteiger partial charge is 0.323 e. The van der Waals surface area contributed by atoms with Gasteiger partial charge in [-0.1, -0.05) is 36.4 Å². The van der Waals surface area contributed by atoms with Crippen molar-refractivity contribution in [3.8, 4) is 11.1 Å². The summed E-state index contributed by atoms with van der Waals surface area (Å²) in [5.74, 6) is 4.88. The Morgan fingerprint density at radius 1 is 1.06 bits per heavy atom. The van der Waals surface area contributed by atoms with Crippen LogP contribution in [0.15, 0.2) is 47.6 Å². The van der Waals surface area contributed by atoms with Crippen LogP contribution in [0.1, 0.15) is 11.1 Å². The minimum Gasteiger partial charge on any atom is -0.323 e. The Labute approximate surface area is 99.6 Å². The number of nitrogens with zero attached hydrogens (tertiary/aromatic N) is 1. The molecule has 0 aliphatic carbocycles. The summed E-state index contributed by atoms with van der Waals surface area (Å²) >= 11 is 0. The molecule has 2 aromatic rings. The molecule has 0 aliphatic rings. The highest BCUT2D eigenvalue weighted by atomic mass is 19.1. The molecule has 0 saturated carbocycles. The van der Waals surface area contributed by atoms with Gasteiger partial charge in [-0.25, -0.2) is 4.39 Å². The van der Waals surface area contributed by atoms with Gasteiger partial charge >= 0.3 is 0 Å². The highest BCUT2D eigenvalue weighted by molar-refractivity contribution is 5.80.